The second kappa shape index (κ2) is 7.47. The molecule has 2 aliphatic rings. The van der Waals surface area contributed by atoms with E-state index in [4.69, 9.17) is 4.74 Å². The second-order valence-corrected chi connectivity index (χ2v) is 5.65. The lowest BCUT2D eigenvalue weighted by Gasteiger charge is -2.24. The van der Waals surface area contributed by atoms with Crippen LogP contribution in [0.3, 0.4) is 0 Å². The summed E-state index contributed by atoms with van der Waals surface area (Å²) < 4.78 is 5.39. The molecule has 2 rings (SSSR count). The smallest absolute Gasteiger partial charge is 0.223 e. The normalized spacial score (nSPS) is 22.7. The average molecular weight is 282 g/mol. The molecule has 0 spiro atoms. The largest absolute Gasteiger partial charge is 0.381 e. The van der Waals surface area contributed by atoms with Gasteiger partial charge in [0.25, 0.3) is 0 Å². The molecular weight excluding hydrogens is 256 g/mol. The summed E-state index contributed by atoms with van der Waals surface area (Å²) in [4.78, 5) is 17.9. The van der Waals surface area contributed by atoms with Gasteiger partial charge in [0, 0.05) is 52.2 Å². The molecule has 1 unspecified atom stereocenters. The van der Waals surface area contributed by atoms with Gasteiger partial charge in [-0.15, -0.1) is 0 Å². The summed E-state index contributed by atoms with van der Waals surface area (Å²) in [7, 11) is 3.82. The number of hydrogen-bond acceptors (Lipinski definition) is 3. The zero-order valence-electron chi connectivity index (χ0n) is 12.5. The SMILES string of the molecule is CN=C(NCCNC(=O)C1CC1)N(C)CC1CCOC1. The Labute approximate surface area is 121 Å². The molecule has 0 aromatic carbocycles. The van der Waals surface area contributed by atoms with Gasteiger partial charge >= 0.3 is 0 Å². The molecule has 0 bridgehead atoms. The van der Waals surface area contributed by atoms with E-state index in [1.807, 2.05) is 7.05 Å². The molecule has 2 N–H and O–H groups in total. The maximum Gasteiger partial charge on any atom is 0.223 e. The summed E-state index contributed by atoms with van der Waals surface area (Å²) in [5, 5.41) is 6.22. The van der Waals surface area contributed by atoms with Crippen molar-refractivity contribution in [2.75, 3.05) is 46.9 Å². The predicted octanol–water partition coefficient (Wildman–Crippen LogP) is 0.0563. The molecule has 1 saturated carbocycles. The second-order valence-electron chi connectivity index (χ2n) is 5.65. The number of rotatable bonds is 6. The van der Waals surface area contributed by atoms with Gasteiger partial charge in [0.15, 0.2) is 5.96 Å². The Morgan fingerprint density at radius 1 is 1.30 bits per heavy atom. The van der Waals surface area contributed by atoms with Crippen LogP contribution in [0.1, 0.15) is 19.3 Å². The van der Waals surface area contributed by atoms with Crippen LogP contribution in [0, 0.1) is 11.8 Å². The van der Waals surface area contributed by atoms with Gasteiger partial charge in [-0.1, -0.05) is 0 Å². The molecule has 1 aliphatic heterocycles. The first-order valence-corrected chi connectivity index (χ1v) is 7.48. The fourth-order valence-electron chi connectivity index (χ4n) is 2.44. The van der Waals surface area contributed by atoms with Crippen molar-refractivity contribution >= 4 is 11.9 Å². The van der Waals surface area contributed by atoms with E-state index in [-0.39, 0.29) is 11.8 Å². The minimum atomic E-state index is 0.193. The highest BCUT2D eigenvalue weighted by Crippen LogP contribution is 2.28. The number of hydrogen-bond donors (Lipinski definition) is 2. The Bertz CT molecular complexity index is 349. The maximum atomic E-state index is 11.5. The van der Waals surface area contributed by atoms with Gasteiger partial charge in [-0.3, -0.25) is 9.79 Å². The zero-order chi connectivity index (χ0) is 14.4. The molecule has 2 fully saturated rings. The third-order valence-corrected chi connectivity index (χ3v) is 3.78. The number of nitrogens with one attached hydrogen (secondary N) is 2. The predicted molar refractivity (Wildman–Crippen MR) is 78.7 cm³/mol. The number of carbonyl (C=O) groups is 1. The van der Waals surface area contributed by atoms with Gasteiger partial charge in [-0.2, -0.15) is 0 Å². The summed E-state index contributed by atoms with van der Waals surface area (Å²) in [5.41, 5.74) is 0. The van der Waals surface area contributed by atoms with E-state index >= 15 is 0 Å². The lowest BCUT2D eigenvalue weighted by Crippen LogP contribution is -2.44. The van der Waals surface area contributed by atoms with E-state index in [1.54, 1.807) is 7.05 Å². The quantitative estimate of drug-likeness (QED) is 0.411. The molecule has 6 heteroatoms. The minimum absolute atomic E-state index is 0.193. The molecule has 1 amide bonds. The lowest BCUT2D eigenvalue weighted by atomic mass is 10.1. The van der Waals surface area contributed by atoms with E-state index in [1.165, 1.54) is 0 Å². The summed E-state index contributed by atoms with van der Waals surface area (Å²) in [6.07, 6.45) is 3.22. The minimum Gasteiger partial charge on any atom is -0.381 e. The summed E-state index contributed by atoms with van der Waals surface area (Å²) in [6.45, 7) is 4.02. The van der Waals surface area contributed by atoms with Crippen molar-refractivity contribution in [3.63, 3.8) is 0 Å². The van der Waals surface area contributed by atoms with Gasteiger partial charge in [-0.05, 0) is 19.3 Å². The first-order valence-electron chi connectivity index (χ1n) is 7.48. The molecule has 0 radical (unpaired) electrons. The number of ether oxygens (including phenoxy) is 1. The molecular formula is C14H26N4O2. The van der Waals surface area contributed by atoms with E-state index < -0.39 is 0 Å². The van der Waals surface area contributed by atoms with Crippen molar-refractivity contribution in [3.8, 4) is 0 Å². The van der Waals surface area contributed by atoms with Gasteiger partial charge in [0.2, 0.25) is 5.91 Å². The van der Waals surface area contributed by atoms with E-state index in [2.05, 4.69) is 20.5 Å². The highest BCUT2D eigenvalue weighted by atomic mass is 16.5. The Hall–Kier alpha value is -1.30. The van der Waals surface area contributed by atoms with Crippen molar-refractivity contribution in [1.82, 2.24) is 15.5 Å². The van der Waals surface area contributed by atoms with Crippen LogP contribution in [0.15, 0.2) is 4.99 Å². The zero-order valence-corrected chi connectivity index (χ0v) is 12.5. The monoisotopic (exact) mass is 282 g/mol. The van der Waals surface area contributed by atoms with Crippen molar-refractivity contribution < 1.29 is 9.53 Å². The number of amides is 1. The molecule has 0 aromatic rings. The standard InChI is InChI=1S/C14H26N4O2/c1-15-14(18(2)9-11-5-8-20-10-11)17-7-6-16-13(19)12-3-4-12/h11-12H,3-10H2,1-2H3,(H,15,17)(H,16,19). The molecule has 20 heavy (non-hydrogen) atoms. The fourth-order valence-corrected chi connectivity index (χ4v) is 2.44. The molecule has 6 nitrogen and oxygen atoms in total. The van der Waals surface area contributed by atoms with Gasteiger partial charge in [0.05, 0.1) is 6.61 Å². The summed E-state index contributed by atoms with van der Waals surface area (Å²) in [5.74, 6) is 1.93. The lowest BCUT2D eigenvalue weighted by molar-refractivity contribution is -0.122. The molecule has 1 heterocycles. The molecule has 1 saturated heterocycles. The van der Waals surface area contributed by atoms with E-state index in [9.17, 15) is 4.79 Å². The fraction of sp³-hybridized carbons (Fsp3) is 0.857. The highest BCUT2D eigenvalue weighted by molar-refractivity contribution is 5.81. The Kier molecular flexibility index (Phi) is 5.64. The van der Waals surface area contributed by atoms with Crippen molar-refractivity contribution in [1.29, 1.82) is 0 Å². The van der Waals surface area contributed by atoms with Crippen LogP contribution < -0.4 is 10.6 Å². The van der Waals surface area contributed by atoms with Crippen LogP contribution in [0.25, 0.3) is 0 Å². The first kappa shape index (κ1) is 15.1. The van der Waals surface area contributed by atoms with Crippen LogP contribution in [0.2, 0.25) is 0 Å². The molecule has 0 aromatic heterocycles. The third kappa shape index (κ3) is 4.67. The average Bonchev–Trinajstić information content (AvgIpc) is 3.17. The van der Waals surface area contributed by atoms with Crippen LogP contribution >= 0.6 is 0 Å². The topological polar surface area (TPSA) is 66.0 Å². The van der Waals surface area contributed by atoms with E-state index in [0.29, 0.717) is 19.0 Å². The first-order chi connectivity index (χ1) is 9.70. The molecule has 114 valence electrons. The van der Waals surface area contributed by atoms with Crippen molar-refractivity contribution in [2.45, 2.75) is 19.3 Å². The number of guanidine groups is 1. The van der Waals surface area contributed by atoms with Gasteiger partial charge in [-0.25, -0.2) is 0 Å². The van der Waals surface area contributed by atoms with Crippen molar-refractivity contribution in [2.24, 2.45) is 16.8 Å². The molecule has 1 aliphatic carbocycles. The van der Waals surface area contributed by atoms with Crippen molar-refractivity contribution in [3.05, 3.63) is 0 Å². The Balaban J connectivity index is 1.61. The van der Waals surface area contributed by atoms with Gasteiger partial charge in [0.1, 0.15) is 0 Å². The van der Waals surface area contributed by atoms with Crippen LogP contribution in [-0.4, -0.2) is 63.7 Å². The summed E-state index contributed by atoms with van der Waals surface area (Å²) >= 11 is 0. The van der Waals surface area contributed by atoms with E-state index in [0.717, 1.165) is 45.0 Å². The molecule has 1 atom stereocenters. The van der Waals surface area contributed by atoms with Crippen LogP contribution in [0.5, 0.6) is 0 Å². The van der Waals surface area contributed by atoms with Gasteiger partial charge < -0.3 is 20.3 Å². The Morgan fingerprint density at radius 3 is 2.65 bits per heavy atom. The van der Waals surface area contributed by atoms with Crippen LogP contribution in [-0.2, 0) is 9.53 Å². The highest BCUT2D eigenvalue weighted by Gasteiger charge is 2.29. The maximum absolute atomic E-state index is 11.5. The third-order valence-electron chi connectivity index (χ3n) is 3.78. The number of aliphatic imine (C=N–C) groups is 1. The summed E-state index contributed by atoms with van der Waals surface area (Å²) in [6, 6.07) is 0. The number of carbonyl (C=O) groups excluding carboxylic acids is 1. The Morgan fingerprint density at radius 2 is 2.05 bits per heavy atom. The number of nitrogens with zero attached hydrogens (tertiary/aromatic N) is 2. The van der Waals surface area contributed by atoms with Crippen LogP contribution in [0.4, 0.5) is 0 Å².